The van der Waals surface area contributed by atoms with Crippen LogP contribution in [0.15, 0.2) is 30.5 Å². The van der Waals surface area contributed by atoms with E-state index in [1.165, 1.54) is 36.8 Å². The minimum Gasteiger partial charge on any atom is -0.462 e. The molecule has 1 aliphatic heterocycles. The number of aryl methyl sites for hydroxylation is 1. The van der Waals surface area contributed by atoms with E-state index in [1.54, 1.807) is 20.0 Å². The van der Waals surface area contributed by atoms with Gasteiger partial charge in [0.15, 0.2) is 5.75 Å². The van der Waals surface area contributed by atoms with Crippen LogP contribution < -0.4 is 15.2 Å². The highest BCUT2D eigenvalue weighted by molar-refractivity contribution is 5.91. The highest BCUT2D eigenvalue weighted by Crippen LogP contribution is 2.15. The number of nitro benzene ring substituents is 1. The Morgan fingerprint density at radius 3 is 2.60 bits per heavy atom. The van der Waals surface area contributed by atoms with E-state index in [1.807, 2.05) is 0 Å². The van der Waals surface area contributed by atoms with Crippen LogP contribution in [0.1, 0.15) is 23.0 Å². The first-order valence-corrected chi connectivity index (χ1v) is 7.39. The van der Waals surface area contributed by atoms with Crippen LogP contribution in [0, 0.1) is 17.0 Å². The van der Waals surface area contributed by atoms with E-state index in [9.17, 15) is 14.9 Å². The van der Waals surface area contributed by atoms with Gasteiger partial charge in [0.2, 0.25) is 6.29 Å². The molecule has 1 aromatic heterocycles. The van der Waals surface area contributed by atoms with Crippen molar-refractivity contribution in [3.63, 3.8) is 0 Å². The molecule has 1 aromatic carbocycles. The lowest BCUT2D eigenvalue weighted by molar-refractivity contribution is -0.384. The zero-order valence-corrected chi connectivity index (χ0v) is 13.5. The third kappa shape index (κ3) is 3.42. The van der Waals surface area contributed by atoms with Gasteiger partial charge < -0.3 is 14.2 Å². The number of hydrogen-bond donors (Lipinski definition) is 0. The van der Waals surface area contributed by atoms with E-state index in [4.69, 9.17) is 14.2 Å². The second-order valence-corrected chi connectivity index (χ2v) is 5.31. The minimum absolute atomic E-state index is 0.106. The second kappa shape index (κ2) is 6.60. The molecule has 0 saturated heterocycles. The van der Waals surface area contributed by atoms with Gasteiger partial charge in [-0.05, 0) is 19.1 Å². The zero-order chi connectivity index (χ0) is 18.0. The maximum atomic E-state index is 12.4. The molecule has 0 saturated carbocycles. The van der Waals surface area contributed by atoms with Crippen LogP contribution >= 0.6 is 0 Å². The number of pyridine rings is 1. The van der Waals surface area contributed by atoms with Crippen LogP contribution in [0.4, 0.5) is 5.69 Å². The number of nitrogens with zero attached hydrogens (tertiary/aromatic N) is 2. The molecule has 0 amide bonds. The van der Waals surface area contributed by atoms with Gasteiger partial charge in [-0.2, -0.15) is 0 Å². The molecule has 1 aliphatic rings. The predicted octanol–water partition coefficient (Wildman–Crippen LogP) is 1.39. The minimum atomic E-state index is -0.653. The molecular weight excluding hydrogens is 328 g/mol. The highest BCUT2D eigenvalue weighted by Gasteiger charge is 2.16. The summed E-state index contributed by atoms with van der Waals surface area (Å²) in [5.41, 5.74) is 0.577. The largest absolute Gasteiger partial charge is 0.462 e. The van der Waals surface area contributed by atoms with Gasteiger partial charge in [-0.15, -0.1) is 0 Å². The molecule has 2 aromatic rings. The number of non-ortho nitro benzene ring substituents is 1. The van der Waals surface area contributed by atoms with Crippen LogP contribution in [-0.4, -0.2) is 22.2 Å². The Labute approximate surface area is 142 Å². The molecule has 0 bridgehead atoms. The molecule has 1 atom stereocenters. The summed E-state index contributed by atoms with van der Waals surface area (Å²) >= 11 is 0. The van der Waals surface area contributed by atoms with Gasteiger partial charge >= 0.3 is 5.97 Å². The normalized spacial score (nSPS) is 15.4. The Morgan fingerprint density at radius 1 is 1.24 bits per heavy atom. The average molecular weight is 342 g/mol. The fraction of sp³-hybridized carbons (Fsp3) is 0.176. The van der Waals surface area contributed by atoms with Gasteiger partial charge in [-0.3, -0.25) is 15.1 Å². The molecule has 2 heterocycles. The van der Waals surface area contributed by atoms with Crippen molar-refractivity contribution in [2.45, 2.75) is 20.1 Å². The standard InChI is InChI=1S/C17H14N2O6/c1-10-16(15-9-24-11(2)23-8-13(15)7-18-10)25-17(20)12-3-5-14(6-4-12)19(21)22/h3-9,11H,1-2H3. The van der Waals surface area contributed by atoms with E-state index in [0.717, 1.165) is 0 Å². The summed E-state index contributed by atoms with van der Waals surface area (Å²) in [4.78, 5) is 26.7. The molecular formula is C17H14N2O6. The molecule has 1 unspecified atom stereocenters. The molecule has 0 radical (unpaired) electrons. The van der Waals surface area contributed by atoms with E-state index in [-0.39, 0.29) is 17.0 Å². The monoisotopic (exact) mass is 342 g/mol. The Hall–Kier alpha value is -3.42. The molecule has 3 rings (SSSR count). The van der Waals surface area contributed by atoms with Crippen LogP contribution in [0.2, 0.25) is 0 Å². The summed E-state index contributed by atoms with van der Waals surface area (Å²) in [5.74, 6) is -0.408. The molecule has 128 valence electrons. The van der Waals surface area contributed by atoms with Crippen molar-refractivity contribution in [3.05, 3.63) is 62.3 Å². The zero-order valence-electron chi connectivity index (χ0n) is 13.5. The Bertz CT molecular complexity index is 952. The number of hydrogen-bond acceptors (Lipinski definition) is 7. The van der Waals surface area contributed by atoms with Crippen molar-refractivity contribution in [1.82, 2.24) is 4.98 Å². The molecule has 8 heteroatoms. The third-order valence-corrected chi connectivity index (χ3v) is 3.55. The SMILES string of the molecule is Cc1ncc2c(c1OC(=O)c1ccc([N+](=O)[O-])cc1)=COC(C)OC=2. The number of fused-ring (bicyclic) bond motifs is 1. The maximum absolute atomic E-state index is 12.4. The van der Waals surface area contributed by atoms with Gasteiger partial charge in [-0.1, -0.05) is 0 Å². The fourth-order valence-electron chi connectivity index (χ4n) is 2.20. The molecule has 0 aliphatic carbocycles. The number of carbonyl (C=O) groups excluding carboxylic acids is 1. The Morgan fingerprint density at radius 2 is 1.92 bits per heavy atom. The van der Waals surface area contributed by atoms with E-state index < -0.39 is 17.2 Å². The molecule has 0 fully saturated rings. The third-order valence-electron chi connectivity index (χ3n) is 3.55. The summed E-state index contributed by atoms with van der Waals surface area (Å²) in [6, 6.07) is 5.15. The smallest absolute Gasteiger partial charge is 0.343 e. The summed E-state index contributed by atoms with van der Waals surface area (Å²) in [6.07, 6.45) is 4.05. The maximum Gasteiger partial charge on any atom is 0.343 e. The van der Waals surface area contributed by atoms with Gasteiger partial charge in [0.05, 0.1) is 33.9 Å². The van der Waals surface area contributed by atoms with Gasteiger partial charge in [0, 0.05) is 30.5 Å². The van der Waals surface area contributed by atoms with E-state index in [0.29, 0.717) is 16.1 Å². The van der Waals surface area contributed by atoms with Crippen LogP contribution in [-0.2, 0) is 9.47 Å². The highest BCUT2D eigenvalue weighted by atomic mass is 16.7. The van der Waals surface area contributed by atoms with E-state index >= 15 is 0 Å². The summed E-state index contributed by atoms with van der Waals surface area (Å²) in [5, 5.41) is 11.8. The first kappa shape index (κ1) is 16.4. The van der Waals surface area contributed by atoms with Crippen molar-refractivity contribution in [3.8, 4) is 5.75 Å². The summed E-state index contributed by atoms with van der Waals surface area (Å²) < 4.78 is 16.2. The lowest BCUT2D eigenvalue weighted by Crippen LogP contribution is -2.29. The topological polar surface area (TPSA) is 101 Å². The van der Waals surface area contributed by atoms with Gasteiger partial charge in [0.1, 0.15) is 0 Å². The van der Waals surface area contributed by atoms with Crippen molar-refractivity contribution in [2.24, 2.45) is 0 Å². The number of esters is 1. The lowest BCUT2D eigenvalue weighted by Gasteiger charge is -2.08. The van der Waals surface area contributed by atoms with E-state index in [2.05, 4.69) is 4.98 Å². The molecule has 8 nitrogen and oxygen atoms in total. The molecule has 25 heavy (non-hydrogen) atoms. The lowest BCUT2D eigenvalue weighted by atomic mass is 10.2. The Kier molecular flexibility index (Phi) is 4.34. The first-order chi connectivity index (χ1) is 12.0. The molecule has 0 N–H and O–H groups in total. The number of rotatable bonds is 3. The molecule has 0 spiro atoms. The number of ether oxygens (including phenoxy) is 3. The van der Waals surface area contributed by atoms with Crippen molar-refractivity contribution in [1.29, 1.82) is 0 Å². The van der Waals surface area contributed by atoms with Crippen LogP contribution in [0.5, 0.6) is 5.75 Å². The average Bonchev–Trinajstić information content (AvgIpc) is 2.79. The second-order valence-electron chi connectivity index (χ2n) is 5.31. The summed E-state index contributed by atoms with van der Waals surface area (Å²) in [7, 11) is 0. The Balaban J connectivity index is 1.96. The van der Waals surface area contributed by atoms with Crippen molar-refractivity contribution >= 4 is 24.2 Å². The van der Waals surface area contributed by atoms with Crippen molar-refractivity contribution in [2.75, 3.05) is 0 Å². The van der Waals surface area contributed by atoms with Crippen LogP contribution in [0.25, 0.3) is 12.5 Å². The predicted molar refractivity (Wildman–Crippen MR) is 86.8 cm³/mol. The number of carbonyl (C=O) groups is 1. The number of nitro groups is 1. The first-order valence-electron chi connectivity index (χ1n) is 7.39. The number of benzene rings is 1. The van der Waals surface area contributed by atoms with Crippen molar-refractivity contribution < 1.29 is 23.9 Å². The van der Waals surface area contributed by atoms with Gasteiger partial charge in [0.25, 0.3) is 5.69 Å². The van der Waals surface area contributed by atoms with Crippen LogP contribution in [0.3, 0.4) is 0 Å². The summed E-state index contributed by atoms with van der Waals surface area (Å²) in [6.45, 7) is 3.42. The number of aromatic nitrogens is 1. The fourth-order valence-corrected chi connectivity index (χ4v) is 2.20. The quantitative estimate of drug-likeness (QED) is 0.472. The van der Waals surface area contributed by atoms with Gasteiger partial charge in [-0.25, -0.2) is 4.79 Å².